The molecule has 0 amide bonds. The summed E-state index contributed by atoms with van der Waals surface area (Å²) in [5.74, 6) is -0.238. The predicted octanol–water partition coefficient (Wildman–Crippen LogP) is 0.0482. The lowest BCUT2D eigenvalue weighted by atomic mass is 10.0. The van der Waals surface area contributed by atoms with Crippen molar-refractivity contribution < 1.29 is 14.0 Å². The topological polar surface area (TPSA) is 98.2 Å². The molecule has 6 nitrogen and oxygen atoms in total. The third kappa shape index (κ3) is 1.99. The van der Waals surface area contributed by atoms with Crippen molar-refractivity contribution in [2.24, 2.45) is 5.73 Å². The molecule has 17 heavy (non-hydrogen) atoms. The van der Waals surface area contributed by atoms with Gasteiger partial charge >= 0.3 is 0 Å². The first-order valence-electron chi connectivity index (χ1n) is 5.41. The van der Waals surface area contributed by atoms with E-state index in [0.29, 0.717) is 25.4 Å². The number of aryl methyl sites for hydroxylation is 1. The standard InChI is InChI=1S/C11H13N3O3/c1-2-8-14-9-10(16)6(13-4-3-12)5-7(15)11(9)17-8/h5,13H,2-4,12H2,1H3. The van der Waals surface area contributed by atoms with Gasteiger partial charge in [-0.15, -0.1) is 0 Å². The van der Waals surface area contributed by atoms with Gasteiger partial charge in [0, 0.05) is 25.6 Å². The lowest BCUT2D eigenvalue weighted by Crippen LogP contribution is -2.30. The van der Waals surface area contributed by atoms with Gasteiger partial charge in [-0.05, 0) is 0 Å². The van der Waals surface area contributed by atoms with Gasteiger partial charge in [0.1, 0.15) is 0 Å². The molecule has 0 aromatic carbocycles. The van der Waals surface area contributed by atoms with Gasteiger partial charge in [0.15, 0.2) is 11.6 Å². The average Bonchev–Trinajstić information content (AvgIpc) is 2.77. The van der Waals surface area contributed by atoms with E-state index in [2.05, 4.69) is 10.3 Å². The van der Waals surface area contributed by atoms with Gasteiger partial charge in [-0.25, -0.2) is 4.98 Å². The molecule has 0 saturated carbocycles. The summed E-state index contributed by atoms with van der Waals surface area (Å²) in [6.45, 7) is 2.65. The third-order valence-electron chi connectivity index (χ3n) is 2.39. The highest BCUT2D eigenvalue weighted by molar-refractivity contribution is 6.22. The van der Waals surface area contributed by atoms with Crippen LogP contribution in [0.3, 0.4) is 0 Å². The summed E-state index contributed by atoms with van der Waals surface area (Å²) < 4.78 is 5.21. The first kappa shape index (κ1) is 11.5. The summed E-state index contributed by atoms with van der Waals surface area (Å²) in [7, 11) is 0. The van der Waals surface area contributed by atoms with Crippen LogP contribution in [0.1, 0.15) is 33.9 Å². The zero-order valence-corrected chi connectivity index (χ0v) is 9.45. The number of allylic oxidation sites excluding steroid dienone is 2. The number of rotatable bonds is 4. The molecule has 6 heteroatoms. The fourth-order valence-electron chi connectivity index (χ4n) is 1.56. The van der Waals surface area contributed by atoms with Crippen molar-refractivity contribution in [3.8, 4) is 0 Å². The lowest BCUT2D eigenvalue weighted by molar-refractivity contribution is 0.0959. The number of nitrogens with zero attached hydrogens (tertiary/aromatic N) is 1. The molecule has 1 aliphatic rings. The van der Waals surface area contributed by atoms with Crippen molar-refractivity contribution >= 4 is 11.6 Å². The van der Waals surface area contributed by atoms with Crippen LogP contribution in [0.2, 0.25) is 0 Å². The van der Waals surface area contributed by atoms with E-state index in [-0.39, 0.29) is 28.7 Å². The summed E-state index contributed by atoms with van der Waals surface area (Å²) in [4.78, 5) is 27.7. The zero-order valence-electron chi connectivity index (χ0n) is 9.45. The van der Waals surface area contributed by atoms with Gasteiger partial charge in [0.2, 0.25) is 17.3 Å². The Morgan fingerprint density at radius 3 is 2.88 bits per heavy atom. The molecule has 3 N–H and O–H groups in total. The van der Waals surface area contributed by atoms with Crippen molar-refractivity contribution in [3.05, 3.63) is 29.1 Å². The van der Waals surface area contributed by atoms with Crippen molar-refractivity contribution in [1.82, 2.24) is 10.3 Å². The molecule has 2 rings (SSSR count). The van der Waals surface area contributed by atoms with Gasteiger partial charge in [0.05, 0.1) is 5.70 Å². The number of nitrogens with two attached hydrogens (primary N) is 1. The number of carbonyl (C=O) groups excluding carboxylic acids is 2. The summed E-state index contributed by atoms with van der Waals surface area (Å²) in [6, 6.07) is 0. The molecular weight excluding hydrogens is 222 g/mol. The molecule has 1 aliphatic carbocycles. The number of nitrogens with one attached hydrogen (secondary N) is 1. The Morgan fingerprint density at radius 2 is 2.24 bits per heavy atom. The van der Waals surface area contributed by atoms with Gasteiger partial charge < -0.3 is 15.5 Å². The van der Waals surface area contributed by atoms with Crippen molar-refractivity contribution in [3.63, 3.8) is 0 Å². The smallest absolute Gasteiger partial charge is 0.231 e. The van der Waals surface area contributed by atoms with Crippen LogP contribution in [0, 0.1) is 0 Å². The molecule has 1 aromatic rings. The Labute approximate surface area is 97.9 Å². The second kappa shape index (κ2) is 4.50. The Morgan fingerprint density at radius 1 is 1.47 bits per heavy atom. The highest BCUT2D eigenvalue weighted by atomic mass is 16.4. The SMILES string of the molecule is CCc1nc2c(o1)C(=O)C=C(NCCN)C2=O. The zero-order chi connectivity index (χ0) is 12.4. The van der Waals surface area contributed by atoms with E-state index in [0.717, 1.165) is 0 Å². The van der Waals surface area contributed by atoms with Crippen LogP contribution >= 0.6 is 0 Å². The Balaban J connectivity index is 2.33. The van der Waals surface area contributed by atoms with Crippen LogP contribution in [0.25, 0.3) is 0 Å². The minimum atomic E-state index is -0.341. The summed E-state index contributed by atoms with van der Waals surface area (Å²) in [5, 5.41) is 2.80. The Hall–Kier alpha value is -1.95. The van der Waals surface area contributed by atoms with E-state index in [1.807, 2.05) is 6.92 Å². The van der Waals surface area contributed by atoms with E-state index in [4.69, 9.17) is 10.2 Å². The number of carbonyl (C=O) groups is 2. The number of Topliss-reactive ketones (excluding diaryl/α,β-unsaturated/α-hetero) is 1. The quantitative estimate of drug-likeness (QED) is 0.765. The third-order valence-corrected chi connectivity index (χ3v) is 2.39. The predicted molar refractivity (Wildman–Crippen MR) is 59.7 cm³/mol. The number of hydrogen-bond donors (Lipinski definition) is 2. The largest absolute Gasteiger partial charge is 0.436 e. The van der Waals surface area contributed by atoms with E-state index in [9.17, 15) is 9.59 Å². The molecule has 0 radical (unpaired) electrons. The molecule has 1 aromatic heterocycles. The van der Waals surface area contributed by atoms with Crippen LogP contribution < -0.4 is 11.1 Å². The van der Waals surface area contributed by atoms with E-state index in [1.165, 1.54) is 6.08 Å². The number of hydrogen-bond acceptors (Lipinski definition) is 6. The van der Waals surface area contributed by atoms with Gasteiger partial charge in [-0.3, -0.25) is 9.59 Å². The van der Waals surface area contributed by atoms with E-state index < -0.39 is 0 Å². The fraction of sp³-hybridized carbons (Fsp3) is 0.364. The fourth-order valence-corrected chi connectivity index (χ4v) is 1.56. The maximum atomic E-state index is 12.0. The van der Waals surface area contributed by atoms with Crippen LogP contribution in [0.15, 0.2) is 16.2 Å². The lowest BCUT2D eigenvalue weighted by Gasteiger charge is -2.10. The molecule has 0 unspecified atom stereocenters. The second-order valence-electron chi connectivity index (χ2n) is 3.61. The van der Waals surface area contributed by atoms with Gasteiger partial charge in [0.25, 0.3) is 0 Å². The van der Waals surface area contributed by atoms with Crippen LogP contribution in [0.5, 0.6) is 0 Å². The first-order valence-corrected chi connectivity index (χ1v) is 5.41. The normalized spacial score (nSPS) is 14.6. The maximum absolute atomic E-state index is 12.0. The monoisotopic (exact) mass is 235 g/mol. The molecule has 0 bridgehead atoms. The molecule has 0 aliphatic heterocycles. The van der Waals surface area contributed by atoms with Crippen LogP contribution in [0.4, 0.5) is 0 Å². The molecule has 1 heterocycles. The van der Waals surface area contributed by atoms with E-state index >= 15 is 0 Å². The molecule has 0 atom stereocenters. The molecule has 0 fully saturated rings. The van der Waals surface area contributed by atoms with Crippen molar-refractivity contribution in [2.45, 2.75) is 13.3 Å². The van der Waals surface area contributed by atoms with Crippen LogP contribution in [-0.2, 0) is 6.42 Å². The average molecular weight is 235 g/mol. The Bertz CT molecular complexity index is 502. The highest BCUT2D eigenvalue weighted by Gasteiger charge is 2.31. The number of aromatic nitrogens is 1. The molecular formula is C11H13N3O3. The Kier molecular flexibility index (Phi) is 3.06. The second-order valence-corrected chi connectivity index (χ2v) is 3.61. The van der Waals surface area contributed by atoms with Gasteiger partial charge in [-0.1, -0.05) is 6.92 Å². The van der Waals surface area contributed by atoms with Gasteiger partial charge in [-0.2, -0.15) is 0 Å². The molecule has 0 spiro atoms. The number of fused-ring (bicyclic) bond motifs is 1. The first-order chi connectivity index (χ1) is 8.17. The van der Waals surface area contributed by atoms with Crippen molar-refractivity contribution in [2.75, 3.05) is 13.1 Å². The maximum Gasteiger partial charge on any atom is 0.231 e. The summed E-state index contributed by atoms with van der Waals surface area (Å²) in [5.41, 5.74) is 5.64. The van der Waals surface area contributed by atoms with Crippen LogP contribution in [-0.4, -0.2) is 29.6 Å². The minimum absolute atomic E-state index is 0.0325. The minimum Gasteiger partial charge on any atom is -0.436 e. The van der Waals surface area contributed by atoms with Crippen molar-refractivity contribution in [1.29, 1.82) is 0 Å². The molecule has 0 saturated heterocycles. The number of oxazole rings is 1. The summed E-state index contributed by atoms with van der Waals surface area (Å²) >= 11 is 0. The number of ketones is 2. The summed E-state index contributed by atoms with van der Waals surface area (Å²) in [6.07, 6.45) is 1.77. The highest BCUT2D eigenvalue weighted by Crippen LogP contribution is 2.20. The molecule has 90 valence electrons. The van der Waals surface area contributed by atoms with E-state index in [1.54, 1.807) is 0 Å².